The molecule has 6 nitrogen and oxygen atoms in total. The van der Waals surface area contributed by atoms with E-state index in [2.05, 4.69) is 14.5 Å². The Morgan fingerprint density at radius 3 is 1.85 bits per heavy atom. The molecule has 0 saturated heterocycles. The largest absolute Gasteiger partial charge is 0.394 e. The van der Waals surface area contributed by atoms with Crippen molar-refractivity contribution in [1.29, 1.82) is 0 Å². The van der Waals surface area contributed by atoms with Crippen LogP contribution in [0.25, 0.3) is 0 Å². The van der Waals surface area contributed by atoms with Crippen LogP contribution in [0.3, 0.4) is 0 Å². The number of aliphatic hydroxyl groups is 5. The van der Waals surface area contributed by atoms with Crippen LogP contribution >= 0.6 is 9.39 Å². The molecule has 0 fully saturated rings. The van der Waals surface area contributed by atoms with Crippen LogP contribution in [0, 0.1) is 0 Å². The summed E-state index contributed by atoms with van der Waals surface area (Å²) in [6, 6.07) is 0. The van der Waals surface area contributed by atoms with E-state index in [4.69, 9.17) is 20.4 Å². The fraction of sp³-hybridized carbons (Fsp3) is 1.00. The molecule has 0 rings (SSSR count). The molecule has 0 aliphatic carbocycles. The molecule has 0 aromatic rings. The van der Waals surface area contributed by atoms with Gasteiger partial charge in [-0.25, -0.2) is 0 Å². The van der Waals surface area contributed by atoms with Gasteiger partial charge in [0.2, 0.25) is 0 Å². The predicted octanol–water partition coefficient (Wildman–Crippen LogP) is -3.20. The van der Waals surface area contributed by atoms with Gasteiger partial charge in [0.15, 0.2) is 0 Å². The average molecular weight is 213 g/mol. The maximum absolute atomic E-state index is 9.20. The second-order valence-electron chi connectivity index (χ2n) is 2.71. The zero-order valence-electron chi connectivity index (χ0n) is 7.04. The Morgan fingerprint density at radius 2 is 1.46 bits per heavy atom. The minimum Gasteiger partial charge on any atom is -0.394 e. The maximum Gasteiger partial charge on any atom is 0.111 e. The standard InChI is InChI=1S/C6H16NO5P/c8-2-4(10)6(12)5(11)3(9)1-7-13/h3-12H,1-2,13H2/t3-,4+,5+,6+/m0/s1. The Bertz CT molecular complexity index is 138. The molecule has 6 N–H and O–H groups in total. The van der Waals surface area contributed by atoms with Crippen LogP contribution < -0.4 is 5.09 Å². The molecule has 0 heterocycles. The van der Waals surface area contributed by atoms with Gasteiger partial charge in [-0.1, -0.05) is 9.39 Å². The summed E-state index contributed by atoms with van der Waals surface area (Å²) >= 11 is 0. The van der Waals surface area contributed by atoms with Gasteiger partial charge in [0.1, 0.15) is 18.3 Å². The number of hydrogen-bond donors (Lipinski definition) is 6. The Balaban J connectivity index is 3.99. The quantitative estimate of drug-likeness (QED) is 0.259. The summed E-state index contributed by atoms with van der Waals surface area (Å²) in [5.74, 6) is 0. The molecule has 13 heavy (non-hydrogen) atoms. The van der Waals surface area contributed by atoms with E-state index in [0.717, 1.165) is 0 Å². The van der Waals surface area contributed by atoms with Gasteiger partial charge in [-0.15, -0.1) is 0 Å². The third-order valence-corrected chi connectivity index (χ3v) is 1.89. The van der Waals surface area contributed by atoms with Gasteiger partial charge < -0.3 is 25.5 Å². The zero-order valence-corrected chi connectivity index (χ0v) is 8.19. The lowest BCUT2D eigenvalue weighted by Gasteiger charge is -2.25. The Labute approximate surface area is 78.5 Å². The molecule has 0 saturated carbocycles. The van der Waals surface area contributed by atoms with E-state index < -0.39 is 31.0 Å². The van der Waals surface area contributed by atoms with Crippen molar-refractivity contribution in [2.75, 3.05) is 13.2 Å². The molecule has 0 amide bonds. The van der Waals surface area contributed by atoms with E-state index in [1.807, 2.05) is 0 Å². The topological polar surface area (TPSA) is 113 Å². The summed E-state index contributed by atoms with van der Waals surface area (Å²) in [7, 11) is 2.12. The van der Waals surface area contributed by atoms with E-state index in [0.29, 0.717) is 0 Å². The van der Waals surface area contributed by atoms with Crippen molar-refractivity contribution >= 4 is 9.39 Å². The molecular formula is C6H16NO5P. The van der Waals surface area contributed by atoms with Crippen molar-refractivity contribution in [3.8, 4) is 0 Å². The highest BCUT2D eigenvalue weighted by Crippen LogP contribution is 2.04. The summed E-state index contributed by atoms with van der Waals surface area (Å²) in [6.45, 7) is -0.611. The van der Waals surface area contributed by atoms with Crippen molar-refractivity contribution < 1.29 is 25.5 Å². The third-order valence-electron chi connectivity index (χ3n) is 1.65. The van der Waals surface area contributed by atoms with Crippen LogP contribution in [0.4, 0.5) is 0 Å². The number of nitrogens with one attached hydrogen (secondary N) is 1. The Hall–Kier alpha value is 0.190. The SMILES string of the molecule is OC[C@@H](O)[C@@H](O)[C@H](O)[C@@H](O)CNP. The normalized spacial score (nSPS) is 20.8. The average Bonchev–Trinajstić information content (AvgIpc) is 2.14. The first kappa shape index (κ1) is 13.2. The highest BCUT2D eigenvalue weighted by molar-refractivity contribution is 7.13. The smallest absolute Gasteiger partial charge is 0.111 e. The summed E-state index contributed by atoms with van der Waals surface area (Å²) in [5, 5.41) is 47.4. The van der Waals surface area contributed by atoms with Gasteiger partial charge in [0.25, 0.3) is 0 Å². The molecule has 0 radical (unpaired) electrons. The molecule has 0 aliphatic heterocycles. The first-order valence-electron chi connectivity index (χ1n) is 3.81. The second kappa shape index (κ2) is 6.62. The molecule has 0 aliphatic rings. The monoisotopic (exact) mass is 213 g/mol. The van der Waals surface area contributed by atoms with E-state index >= 15 is 0 Å². The first-order valence-corrected chi connectivity index (χ1v) is 4.39. The summed E-state index contributed by atoms with van der Waals surface area (Å²) in [4.78, 5) is 0. The predicted molar refractivity (Wildman–Crippen MR) is 48.8 cm³/mol. The van der Waals surface area contributed by atoms with E-state index in [1.54, 1.807) is 0 Å². The third kappa shape index (κ3) is 4.28. The first-order chi connectivity index (χ1) is 6.04. The minimum absolute atomic E-state index is 0.0566. The van der Waals surface area contributed by atoms with Crippen LogP contribution in [-0.4, -0.2) is 63.1 Å². The summed E-state index contributed by atoms with van der Waals surface area (Å²) in [5.41, 5.74) is 0. The van der Waals surface area contributed by atoms with Crippen LogP contribution in [0.15, 0.2) is 0 Å². The van der Waals surface area contributed by atoms with E-state index in [9.17, 15) is 5.11 Å². The number of hydrogen-bond acceptors (Lipinski definition) is 6. The van der Waals surface area contributed by atoms with Crippen molar-refractivity contribution in [1.82, 2.24) is 5.09 Å². The lowest BCUT2D eigenvalue weighted by atomic mass is 10.0. The van der Waals surface area contributed by atoms with Crippen LogP contribution in [0.2, 0.25) is 0 Å². The van der Waals surface area contributed by atoms with Crippen LogP contribution in [0.1, 0.15) is 0 Å². The zero-order chi connectivity index (χ0) is 10.4. The van der Waals surface area contributed by atoms with Gasteiger partial charge in [0.05, 0.1) is 12.7 Å². The van der Waals surface area contributed by atoms with Crippen molar-refractivity contribution in [3.63, 3.8) is 0 Å². The number of rotatable bonds is 6. The highest BCUT2D eigenvalue weighted by Gasteiger charge is 2.29. The van der Waals surface area contributed by atoms with E-state index in [-0.39, 0.29) is 6.54 Å². The molecule has 5 atom stereocenters. The van der Waals surface area contributed by atoms with Gasteiger partial charge in [-0.05, 0) is 0 Å². The molecule has 0 aromatic carbocycles. The maximum atomic E-state index is 9.20. The van der Waals surface area contributed by atoms with Gasteiger partial charge in [-0.3, -0.25) is 5.09 Å². The van der Waals surface area contributed by atoms with Gasteiger partial charge in [-0.2, -0.15) is 0 Å². The molecule has 1 unspecified atom stereocenters. The molecule has 0 bridgehead atoms. The Kier molecular flexibility index (Phi) is 6.71. The fourth-order valence-electron chi connectivity index (χ4n) is 0.805. The lowest BCUT2D eigenvalue weighted by molar-refractivity contribution is -0.113. The molecule has 80 valence electrons. The number of aliphatic hydroxyl groups excluding tert-OH is 5. The van der Waals surface area contributed by atoms with Crippen molar-refractivity contribution in [3.05, 3.63) is 0 Å². The van der Waals surface area contributed by atoms with Gasteiger partial charge in [0, 0.05) is 6.54 Å². The summed E-state index contributed by atoms with van der Waals surface area (Å²) in [6.07, 6.45) is -5.70. The molecule has 0 aromatic heterocycles. The van der Waals surface area contributed by atoms with Crippen LogP contribution in [-0.2, 0) is 0 Å². The Morgan fingerprint density at radius 1 is 1.00 bits per heavy atom. The second-order valence-corrected chi connectivity index (χ2v) is 3.11. The fourth-order valence-corrected chi connectivity index (χ4v) is 1.05. The highest BCUT2D eigenvalue weighted by atomic mass is 31.0. The van der Waals surface area contributed by atoms with Crippen molar-refractivity contribution in [2.24, 2.45) is 0 Å². The molecule has 0 spiro atoms. The van der Waals surface area contributed by atoms with E-state index in [1.165, 1.54) is 0 Å². The molecular weight excluding hydrogens is 197 g/mol. The summed E-state index contributed by atoms with van der Waals surface area (Å²) < 4.78 is 0. The van der Waals surface area contributed by atoms with Crippen LogP contribution in [0.5, 0.6) is 0 Å². The van der Waals surface area contributed by atoms with Crippen molar-refractivity contribution in [2.45, 2.75) is 24.4 Å². The minimum atomic E-state index is -1.56. The molecule has 7 heteroatoms. The lowest BCUT2D eigenvalue weighted by Crippen LogP contribution is -2.48. The van der Waals surface area contributed by atoms with Gasteiger partial charge >= 0.3 is 0 Å².